The Kier molecular flexibility index (Phi) is 5.79. The van der Waals surface area contributed by atoms with Gasteiger partial charge in [0.15, 0.2) is 0 Å². The molecule has 0 saturated carbocycles. The fourth-order valence-corrected chi connectivity index (χ4v) is 2.55. The molecule has 4 nitrogen and oxygen atoms in total. The largest absolute Gasteiger partial charge is 0.346 e. The Morgan fingerprint density at radius 1 is 1.19 bits per heavy atom. The summed E-state index contributed by atoms with van der Waals surface area (Å²) in [6.07, 6.45) is 2.10. The third kappa shape index (κ3) is 4.07. The third-order valence-electron chi connectivity index (χ3n) is 3.93. The van der Waals surface area contributed by atoms with Crippen LogP contribution < -0.4 is 5.32 Å². The van der Waals surface area contributed by atoms with Gasteiger partial charge in [0, 0.05) is 37.9 Å². The van der Waals surface area contributed by atoms with Crippen molar-refractivity contribution in [3.63, 3.8) is 0 Å². The lowest BCUT2D eigenvalue weighted by molar-refractivity contribution is 0.302. The smallest absolute Gasteiger partial charge is 0.0992 e. The molecule has 0 fully saturated rings. The number of nitrogens with zero attached hydrogens (tertiary/aromatic N) is 3. The molecular formula is C17H24N4. The fourth-order valence-electron chi connectivity index (χ4n) is 2.55. The molecule has 0 spiro atoms. The van der Waals surface area contributed by atoms with Crippen LogP contribution in [0.3, 0.4) is 0 Å². The summed E-state index contributed by atoms with van der Waals surface area (Å²) in [6, 6.07) is 10.2. The number of likely N-dealkylation sites (N-methyl/N-ethyl adjacent to an activating group) is 1. The standard InChI is InChI=1S/C17H24N4/c1-3-20(4-2)11-8-19-9-12-21-10-7-16-6-5-15(14-18)13-17(16)21/h5-7,10,13,19H,3-4,8-9,11-12H2,1-2H3. The van der Waals surface area contributed by atoms with E-state index in [-0.39, 0.29) is 0 Å². The van der Waals surface area contributed by atoms with Crippen molar-refractivity contribution in [3.8, 4) is 6.07 Å². The van der Waals surface area contributed by atoms with Crippen LogP contribution in [0.2, 0.25) is 0 Å². The third-order valence-corrected chi connectivity index (χ3v) is 3.93. The number of hydrogen-bond donors (Lipinski definition) is 1. The van der Waals surface area contributed by atoms with E-state index in [0.717, 1.165) is 50.3 Å². The van der Waals surface area contributed by atoms with Gasteiger partial charge in [-0.25, -0.2) is 0 Å². The lowest BCUT2D eigenvalue weighted by atomic mass is 10.2. The number of nitriles is 1. The maximum absolute atomic E-state index is 8.99. The number of benzene rings is 1. The maximum Gasteiger partial charge on any atom is 0.0992 e. The number of rotatable bonds is 8. The first-order chi connectivity index (χ1) is 10.3. The van der Waals surface area contributed by atoms with Crippen LogP contribution in [0.4, 0.5) is 0 Å². The molecule has 0 atom stereocenters. The first kappa shape index (κ1) is 15.6. The molecule has 21 heavy (non-hydrogen) atoms. The Bertz CT molecular complexity index is 605. The van der Waals surface area contributed by atoms with E-state index in [4.69, 9.17) is 5.26 Å². The minimum Gasteiger partial charge on any atom is -0.346 e. The lowest BCUT2D eigenvalue weighted by Crippen LogP contribution is -2.33. The van der Waals surface area contributed by atoms with Crippen LogP contribution in [0, 0.1) is 11.3 Å². The van der Waals surface area contributed by atoms with Gasteiger partial charge in [-0.2, -0.15) is 5.26 Å². The van der Waals surface area contributed by atoms with Gasteiger partial charge in [0.05, 0.1) is 11.6 Å². The van der Waals surface area contributed by atoms with Gasteiger partial charge < -0.3 is 14.8 Å². The second kappa shape index (κ2) is 7.82. The molecule has 0 aliphatic rings. The van der Waals surface area contributed by atoms with E-state index in [2.05, 4.69) is 47.0 Å². The Labute approximate surface area is 127 Å². The van der Waals surface area contributed by atoms with Crippen molar-refractivity contribution in [1.29, 1.82) is 5.26 Å². The zero-order valence-corrected chi connectivity index (χ0v) is 13.0. The second-order valence-corrected chi connectivity index (χ2v) is 5.17. The topological polar surface area (TPSA) is 44.0 Å². The molecule has 1 aromatic carbocycles. The number of nitrogens with one attached hydrogen (secondary N) is 1. The quantitative estimate of drug-likeness (QED) is 0.757. The fraction of sp³-hybridized carbons (Fsp3) is 0.471. The predicted molar refractivity (Wildman–Crippen MR) is 87.3 cm³/mol. The zero-order chi connectivity index (χ0) is 15.1. The summed E-state index contributed by atoms with van der Waals surface area (Å²) in [5, 5.41) is 13.7. The summed E-state index contributed by atoms with van der Waals surface area (Å²) in [7, 11) is 0. The summed E-state index contributed by atoms with van der Waals surface area (Å²) in [6.45, 7) is 10.6. The van der Waals surface area contributed by atoms with Gasteiger partial charge in [-0.15, -0.1) is 0 Å². The Balaban J connectivity index is 1.85. The van der Waals surface area contributed by atoms with E-state index < -0.39 is 0 Å². The average Bonchev–Trinajstić information content (AvgIpc) is 2.93. The molecule has 1 N–H and O–H groups in total. The minimum atomic E-state index is 0.719. The van der Waals surface area contributed by atoms with Crippen molar-refractivity contribution < 1.29 is 0 Å². The van der Waals surface area contributed by atoms with Crippen LogP contribution in [0.25, 0.3) is 10.9 Å². The van der Waals surface area contributed by atoms with Gasteiger partial charge in [0.25, 0.3) is 0 Å². The second-order valence-electron chi connectivity index (χ2n) is 5.17. The molecule has 4 heteroatoms. The number of fused-ring (bicyclic) bond motifs is 1. The van der Waals surface area contributed by atoms with Crippen molar-refractivity contribution in [3.05, 3.63) is 36.0 Å². The van der Waals surface area contributed by atoms with Crippen LogP contribution in [0.5, 0.6) is 0 Å². The summed E-state index contributed by atoms with van der Waals surface area (Å²) >= 11 is 0. The van der Waals surface area contributed by atoms with E-state index in [1.54, 1.807) is 0 Å². The van der Waals surface area contributed by atoms with Crippen LogP contribution in [-0.2, 0) is 6.54 Å². The van der Waals surface area contributed by atoms with Crippen molar-refractivity contribution in [2.24, 2.45) is 0 Å². The molecular weight excluding hydrogens is 260 g/mol. The molecule has 0 saturated heterocycles. The van der Waals surface area contributed by atoms with Crippen molar-refractivity contribution >= 4 is 10.9 Å². The maximum atomic E-state index is 8.99. The summed E-state index contributed by atoms with van der Waals surface area (Å²) in [5.74, 6) is 0. The van der Waals surface area contributed by atoms with Crippen LogP contribution in [0.1, 0.15) is 19.4 Å². The minimum absolute atomic E-state index is 0.719. The van der Waals surface area contributed by atoms with E-state index in [9.17, 15) is 0 Å². The summed E-state index contributed by atoms with van der Waals surface area (Å²) in [5.41, 5.74) is 1.86. The molecule has 0 radical (unpaired) electrons. The molecule has 0 aliphatic carbocycles. The highest BCUT2D eigenvalue weighted by molar-refractivity contribution is 5.81. The molecule has 1 aromatic heterocycles. The van der Waals surface area contributed by atoms with E-state index >= 15 is 0 Å². The highest BCUT2D eigenvalue weighted by Gasteiger charge is 2.02. The van der Waals surface area contributed by atoms with Gasteiger partial charge in [-0.3, -0.25) is 0 Å². The average molecular weight is 284 g/mol. The van der Waals surface area contributed by atoms with Crippen LogP contribution in [0.15, 0.2) is 30.5 Å². The molecule has 112 valence electrons. The van der Waals surface area contributed by atoms with Crippen LogP contribution >= 0.6 is 0 Å². The predicted octanol–water partition coefficient (Wildman–Crippen LogP) is 2.44. The SMILES string of the molecule is CCN(CC)CCNCCn1ccc2ccc(C#N)cc21. The van der Waals surface area contributed by atoms with Crippen molar-refractivity contribution in [1.82, 2.24) is 14.8 Å². The molecule has 2 rings (SSSR count). The molecule has 0 amide bonds. The van der Waals surface area contributed by atoms with Gasteiger partial charge in [0.2, 0.25) is 0 Å². The molecule has 2 aromatic rings. The van der Waals surface area contributed by atoms with Gasteiger partial charge in [-0.1, -0.05) is 19.9 Å². The van der Waals surface area contributed by atoms with E-state index in [1.165, 1.54) is 5.39 Å². The Morgan fingerprint density at radius 2 is 2.00 bits per heavy atom. The molecule has 0 bridgehead atoms. The highest BCUT2D eigenvalue weighted by Crippen LogP contribution is 2.17. The Morgan fingerprint density at radius 3 is 2.71 bits per heavy atom. The van der Waals surface area contributed by atoms with Crippen molar-refractivity contribution in [2.75, 3.05) is 32.7 Å². The summed E-state index contributed by atoms with van der Waals surface area (Å²) < 4.78 is 2.21. The van der Waals surface area contributed by atoms with E-state index in [0.29, 0.717) is 0 Å². The molecule has 1 heterocycles. The van der Waals surface area contributed by atoms with Crippen LogP contribution in [-0.4, -0.2) is 42.2 Å². The zero-order valence-electron chi connectivity index (χ0n) is 13.0. The summed E-state index contributed by atoms with van der Waals surface area (Å²) in [4.78, 5) is 2.41. The van der Waals surface area contributed by atoms with Gasteiger partial charge >= 0.3 is 0 Å². The first-order valence-corrected chi connectivity index (χ1v) is 7.70. The van der Waals surface area contributed by atoms with Gasteiger partial charge in [0.1, 0.15) is 0 Å². The highest BCUT2D eigenvalue weighted by atomic mass is 15.1. The molecule has 0 unspecified atom stereocenters. The normalized spacial score (nSPS) is 11.1. The number of hydrogen-bond acceptors (Lipinski definition) is 3. The number of aromatic nitrogens is 1. The van der Waals surface area contributed by atoms with Gasteiger partial charge in [-0.05, 0) is 36.7 Å². The Hall–Kier alpha value is -1.83. The molecule has 0 aliphatic heterocycles. The van der Waals surface area contributed by atoms with E-state index in [1.807, 2.05) is 18.2 Å². The lowest BCUT2D eigenvalue weighted by Gasteiger charge is -2.18. The van der Waals surface area contributed by atoms with Crippen molar-refractivity contribution in [2.45, 2.75) is 20.4 Å². The monoisotopic (exact) mass is 284 g/mol. The first-order valence-electron chi connectivity index (χ1n) is 7.70.